The van der Waals surface area contributed by atoms with E-state index in [0.717, 1.165) is 25.0 Å². The molecule has 0 N–H and O–H groups in total. The first-order chi connectivity index (χ1) is 9.64. The van der Waals surface area contributed by atoms with Gasteiger partial charge in [0.2, 0.25) is 0 Å². The third-order valence-electron chi connectivity index (χ3n) is 3.21. The van der Waals surface area contributed by atoms with Crippen LogP contribution in [0.25, 0.3) is 0 Å². The zero-order chi connectivity index (χ0) is 15.8. The molecule has 0 aliphatic carbocycles. The van der Waals surface area contributed by atoms with Crippen LogP contribution < -0.4 is 4.90 Å². The summed E-state index contributed by atoms with van der Waals surface area (Å²) >= 11 is 0. The molecule has 1 aromatic rings. The smallest absolute Gasteiger partial charge is 0.371 e. The fraction of sp³-hybridized carbons (Fsp3) is 0.455. The zero-order valence-electron chi connectivity index (χ0n) is 10.6. The molecule has 2 rings (SSSR count). The van der Waals surface area contributed by atoms with Crippen LogP contribution in [0.4, 0.5) is 24.5 Å². The van der Waals surface area contributed by atoms with Gasteiger partial charge in [-0.25, -0.2) is 8.42 Å². The highest BCUT2D eigenvalue weighted by atomic mass is 32.2. The normalized spacial score (nSPS) is 16.2. The Balaban J connectivity index is 2.60. The van der Waals surface area contributed by atoms with Crippen LogP contribution in [0.1, 0.15) is 12.8 Å². The van der Waals surface area contributed by atoms with Crippen molar-refractivity contribution in [3.05, 3.63) is 28.3 Å². The van der Waals surface area contributed by atoms with Gasteiger partial charge in [-0.2, -0.15) is 13.2 Å². The Hall–Kier alpha value is -1.84. The number of nitro benzene ring substituents is 1. The number of rotatable bonds is 3. The summed E-state index contributed by atoms with van der Waals surface area (Å²) in [4.78, 5) is 10.0. The molecule has 0 spiro atoms. The lowest BCUT2D eigenvalue weighted by atomic mass is 10.2. The van der Waals surface area contributed by atoms with Gasteiger partial charge in [0.1, 0.15) is 0 Å². The second-order valence-electron chi connectivity index (χ2n) is 4.55. The monoisotopic (exact) mass is 324 g/mol. The topological polar surface area (TPSA) is 80.5 Å². The molecule has 0 radical (unpaired) electrons. The quantitative estimate of drug-likeness (QED) is 0.630. The first-order valence-corrected chi connectivity index (χ1v) is 7.47. The van der Waals surface area contributed by atoms with Crippen LogP contribution in [0.15, 0.2) is 23.1 Å². The molecule has 0 bridgehead atoms. The maximum Gasteiger partial charge on any atom is 0.502 e. The van der Waals surface area contributed by atoms with Gasteiger partial charge in [-0.15, -0.1) is 0 Å². The number of benzene rings is 1. The summed E-state index contributed by atoms with van der Waals surface area (Å²) in [5.74, 6) is 0. The van der Waals surface area contributed by atoms with Gasteiger partial charge in [0.05, 0.1) is 4.92 Å². The summed E-state index contributed by atoms with van der Waals surface area (Å²) in [5, 5.41) is 10.8. The molecule has 1 heterocycles. The summed E-state index contributed by atoms with van der Waals surface area (Å²) in [6, 6.07) is 2.79. The molecule has 0 unspecified atom stereocenters. The van der Waals surface area contributed by atoms with E-state index in [1.165, 1.54) is 6.07 Å². The summed E-state index contributed by atoms with van der Waals surface area (Å²) in [5.41, 5.74) is -6.42. The van der Waals surface area contributed by atoms with Gasteiger partial charge < -0.3 is 4.90 Å². The molecule has 1 saturated heterocycles. The third kappa shape index (κ3) is 2.80. The van der Waals surface area contributed by atoms with Crippen LogP contribution in [-0.4, -0.2) is 31.9 Å². The maximum absolute atomic E-state index is 12.6. The van der Waals surface area contributed by atoms with E-state index >= 15 is 0 Å². The Bertz CT molecular complexity index is 667. The fourth-order valence-electron chi connectivity index (χ4n) is 2.17. The van der Waals surface area contributed by atoms with E-state index < -0.39 is 30.9 Å². The first kappa shape index (κ1) is 15.5. The van der Waals surface area contributed by atoms with Crippen molar-refractivity contribution in [1.82, 2.24) is 0 Å². The van der Waals surface area contributed by atoms with E-state index in [-0.39, 0.29) is 5.69 Å². The van der Waals surface area contributed by atoms with Crippen molar-refractivity contribution in [3.63, 3.8) is 0 Å². The van der Waals surface area contributed by atoms with Crippen molar-refractivity contribution < 1.29 is 26.5 Å². The highest BCUT2D eigenvalue weighted by Crippen LogP contribution is 2.37. The molecule has 0 amide bonds. The Morgan fingerprint density at radius 2 is 1.76 bits per heavy atom. The Morgan fingerprint density at radius 1 is 1.19 bits per heavy atom. The molecule has 10 heteroatoms. The van der Waals surface area contributed by atoms with E-state index in [1.54, 1.807) is 4.90 Å². The lowest BCUT2D eigenvalue weighted by Gasteiger charge is -2.18. The van der Waals surface area contributed by atoms with Crippen LogP contribution in [0.5, 0.6) is 0 Å². The largest absolute Gasteiger partial charge is 0.502 e. The van der Waals surface area contributed by atoms with Crippen LogP contribution in [0, 0.1) is 10.1 Å². The molecule has 1 aromatic carbocycles. The summed E-state index contributed by atoms with van der Waals surface area (Å²) in [7, 11) is -5.77. The van der Waals surface area contributed by atoms with Crippen molar-refractivity contribution in [2.75, 3.05) is 18.0 Å². The van der Waals surface area contributed by atoms with Gasteiger partial charge in [-0.05, 0) is 25.0 Å². The maximum atomic E-state index is 12.6. The number of alkyl halides is 3. The average molecular weight is 324 g/mol. The van der Waals surface area contributed by atoms with Gasteiger partial charge in [0, 0.05) is 24.8 Å². The Labute approximate surface area is 118 Å². The predicted molar refractivity (Wildman–Crippen MR) is 67.8 cm³/mol. The molecular weight excluding hydrogens is 313 g/mol. The molecule has 1 aliphatic heterocycles. The molecule has 1 aliphatic rings. The predicted octanol–water partition coefficient (Wildman–Crippen LogP) is 2.49. The number of halogens is 3. The van der Waals surface area contributed by atoms with Crippen molar-refractivity contribution in [2.45, 2.75) is 23.2 Å². The second-order valence-corrected chi connectivity index (χ2v) is 6.46. The molecule has 0 aromatic heterocycles. The van der Waals surface area contributed by atoms with E-state index in [4.69, 9.17) is 0 Å². The molecule has 21 heavy (non-hydrogen) atoms. The zero-order valence-corrected chi connectivity index (χ0v) is 11.4. The SMILES string of the molecule is O=[N+]([O-])c1ccc(N2CCCC2)cc1S(=O)(=O)C(F)(F)F. The second kappa shape index (κ2) is 5.17. The van der Waals surface area contributed by atoms with Crippen molar-refractivity contribution in [2.24, 2.45) is 0 Å². The number of hydrogen-bond acceptors (Lipinski definition) is 5. The van der Waals surface area contributed by atoms with Crippen LogP contribution in [0.2, 0.25) is 0 Å². The molecular formula is C11H11F3N2O4S. The number of hydrogen-bond donors (Lipinski definition) is 0. The van der Waals surface area contributed by atoms with Crippen molar-refractivity contribution in [3.8, 4) is 0 Å². The fourth-order valence-corrected chi connectivity index (χ4v) is 3.11. The van der Waals surface area contributed by atoms with Gasteiger partial charge in [0.15, 0.2) is 4.90 Å². The average Bonchev–Trinajstić information content (AvgIpc) is 2.90. The Morgan fingerprint density at radius 3 is 2.24 bits per heavy atom. The number of nitrogens with zero attached hydrogens (tertiary/aromatic N) is 2. The summed E-state index contributed by atoms with van der Waals surface area (Å²) < 4.78 is 60.9. The summed E-state index contributed by atoms with van der Waals surface area (Å²) in [6.07, 6.45) is 1.66. The molecule has 0 atom stereocenters. The minimum atomic E-state index is -5.77. The van der Waals surface area contributed by atoms with Crippen LogP contribution in [-0.2, 0) is 9.84 Å². The van der Waals surface area contributed by atoms with Crippen LogP contribution in [0.3, 0.4) is 0 Å². The minimum Gasteiger partial charge on any atom is -0.371 e. The van der Waals surface area contributed by atoms with Gasteiger partial charge in [-0.1, -0.05) is 0 Å². The molecule has 0 saturated carbocycles. The molecule has 1 fully saturated rings. The van der Waals surface area contributed by atoms with Gasteiger partial charge in [-0.3, -0.25) is 10.1 Å². The number of sulfone groups is 1. The number of anilines is 1. The third-order valence-corrected chi connectivity index (χ3v) is 4.72. The van der Waals surface area contributed by atoms with E-state index in [1.807, 2.05) is 0 Å². The van der Waals surface area contributed by atoms with Gasteiger partial charge in [0.25, 0.3) is 15.5 Å². The van der Waals surface area contributed by atoms with E-state index in [9.17, 15) is 31.7 Å². The van der Waals surface area contributed by atoms with Crippen molar-refractivity contribution in [1.29, 1.82) is 0 Å². The van der Waals surface area contributed by atoms with Crippen molar-refractivity contribution >= 4 is 21.2 Å². The minimum absolute atomic E-state index is 0.237. The summed E-state index contributed by atoms with van der Waals surface area (Å²) in [6.45, 7) is 1.15. The highest BCUT2D eigenvalue weighted by Gasteiger charge is 2.50. The lowest BCUT2D eigenvalue weighted by Crippen LogP contribution is -2.25. The van der Waals surface area contributed by atoms with E-state index in [2.05, 4.69) is 0 Å². The highest BCUT2D eigenvalue weighted by molar-refractivity contribution is 7.92. The molecule has 116 valence electrons. The standard InChI is InChI=1S/C11H11F3N2O4S/c12-11(13,14)21(19,20)10-7-8(15-5-1-2-6-15)3-4-9(10)16(17)18/h3-4,7H,1-2,5-6H2. The Kier molecular flexibility index (Phi) is 3.83. The molecule has 6 nitrogen and oxygen atoms in total. The van der Waals surface area contributed by atoms with Crippen LogP contribution >= 0.6 is 0 Å². The van der Waals surface area contributed by atoms with Gasteiger partial charge >= 0.3 is 5.51 Å². The number of nitro groups is 1. The lowest BCUT2D eigenvalue weighted by molar-refractivity contribution is -0.387. The first-order valence-electron chi connectivity index (χ1n) is 5.99. The van der Waals surface area contributed by atoms with E-state index in [0.29, 0.717) is 13.1 Å².